The van der Waals surface area contributed by atoms with Crippen LogP contribution in [-0.2, 0) is 6.42 Å². The van der Waals surface area contributed by atoms with E-state index in [1.807, 2.05) is 18.2 Å². The third-order valence-electron chi connectivity index (χ3n) is 11.5. The van der Waals surface area contributed by atoms with Gasteiger partial charge in [-0.2, -0.15) is 0 Å². The van der Waals surface area contributed by atoms with Gasteiger partial charge in [0, 0.05) is 54.5 Å². The summed E-state index contributed by atoms with van der Waals surface area (Å²) in [6.07, 6.45) is 1.01. The second-order valence-corrected chi connectivity index (χ2v) is 14.3. The summed E-state index contributed by atoms with van der Waals surface area (Å²) in [5.41, 5.74) is 14.2. The van der Waals surface area contributed by atoms with E-state index in [0.29, 0.717) is 0 Å². The standard InChI is InChI=1S/C50H32N2O2/c1-2-30-18-21-32(22-19-30)51-40-14-6-3-11-36(40)49-42(51)25-26-43-50(49)39-28-31(34-13-9-17-47-48(34)37-12-5-8-16-45(37)54-47)20-24-41(39)52(43)33-23-27-46-38(29-33)35-10-4-7-15-44(35)53-46/h3-29H,2H2,1H3. The van der Waals surface area contributed by atoms with Crippen LogP contribution >= 0.6 is 0 Å². The minimum Gasteiger partial charge on any atom is -0.456 e. The molecule has 0 amide bonds. The van der Waals surface area contributed by atoms with Crippen molar-refractivity contribution in [3.05, 3.63) is 169 Å². The second-order valence-electron chi connectivity index (χ2n) is 14.3. The molecule has 12 aromatic rings. The number of hydrogen-bond acceptors (Lipinski definition) is 2. The maximum Gasteiger partial charge on any atom is 0.136 e. The molecule has 0 aliphatic carbocycles. The lowest BCUT2D eigenvalue weighted by Gasteiger charge is -2.10. The van der Waals surface area contributed by atoms with Crippen LogP contribution in [0.15, 0.2) is 173 Å². The Kier molecular flexibility index (Phi) is 6.01. The lowest BCUT2D eigenvalue weighted by atomic mass is 9.97. The fourth-order valence-corrected chi connectivity index (χ4v) is 9.04. The third kappa shape index (κ3) is 4.02. The molecule has 0 bridgehead atoms. The zero-order chi connectivity index (χ0) is 35.5. The average Bonchev–Trinajstić information content (AvgIpc) is 3.98. The molecule has 254 valence electrons. The number of aromatic nitrogens is 2. The van der Waals surface area contributed by atoms with Crippen molar-refractivity contribution in [2.45, 2.75) is 13.3 Å². The lowest BCUT2D eigenvalue weighted by molar-refractivity contribution is 0.668. The Balaban J connectivity index is 1.22. The minimum atomic E-state index is 0.892. The van der Waals surface area contributed by atoms with E-state index in [-0.39, 0.29) is 0 Å². The van der Waals surface area contributed by atoms with Crippen LogP contribution in [0.1, 0.15) is 12.5 Å². The first-order chi connectivity index (χ1) is 26.7. The molecule has 0 fully saturated rings. The fraction of sp³-hybridized carbons (Fsp3) is 0.0400. The van der Waals surface area contributed by atoms with Crippen molar-refractivity contribution in [3.63, 3.8) is 0 Å². The van der Waals surface area contributed by atoms with Crippen molar-refractivity contribution >= 4 is 87.5 Å². The van der Waals surface area contributed by atoms with Crippen LogP contribution in [0.2, 0.25) is 0 Å². The summed E-state index contributed by atoms with van der Waals surface area (Å²) in [6, 6.07) is 59.1. The van der Waals surface area contributed by atoms with E-state index in [0.717, 1.165) is 83.8 Å². The SMILES string of the molecule is CCc1ccc(-n2c3ccccc3c3c4c5cc(-c6cccc7oc8ccccc8c67)ccc5n(-c5ccc6oc7ccccc7c6c5)c4ccc32)cc1. The first-order valence-corrected chi connectivity index (χ1v) is 18.7. The van der Waals surface area contributed by atoms with Crippen molar-refractivity contribution in [2.75, 3.05) is 0 Å². The van der Waals surface area contributed by atoms with Crippen LogP contribution in [0.25, 0.3) is 110 Å². The maximum atomic E-state index is 6.34. The molecule has 0 atom stereocenters. The molecule has 0 saturated carbocycles. The van der Waals surface area contributed by atoms with E-state index in [1.165, 1.54) is 38.1 Å². The van der Waals surface area contributed by atoms with Gasteiger partial charge in [0.25, 0.3) is 0 Å². The van der Waals surface area contributed by atoms with Crippen LogP contribution in [0, 0.1) is 0 Å². The molecule has 0 unspecified atom stereocenters. The Bertz CT molecular complexity index is 3480. The number of aryl methyl sites for hydroxylation is 1. The number of rotatable bonds is 4. The van der Waals surface area contributed by atoms with Crippen molar-refractivity contribution in [1.82, 2.24) is 9.13 Å². The number of nitrogens with zero attached hydrogens (tertiary/aromatic N) is 2. The Morgan fingerprint density at radius 1 is 0.389 bits per heavy atom. The summed E-state index contributed by atoms with van der Waals surface area (Å²) >= 11 is 0. The van der Waals surface area contributed by atoms with Crippen LogP contribution in [-0.4, -0.2) is 9.13 Å². The highest BCUT2D eigenvalue weighted by Crippen LogP contribution is 2.45. The third-order valence-corrected chi connectivity index (χ3v) is 11.5. The Morgan fingerprint density at radius 2 is 0.981 bits per heavy atom. The van der Waals surface area contributed by atoms with Crippen LogP contribution in [0.4, 0.5) is 0 Å². The first-order valence-electron chi connectivity index (χ1n) is 18.7. The van der Waals surface area contributed by atoms with E-state index in [2.05, 4.69) is 162 Å². The van der Waals surface area contributed by atoms with Gasteiger partial charge < -0.3 is 18.0 Å². The summed E-state index contributed by atoms with van der Waals surface area (Å²) in [5, 5.41) is 9.45. The van der Waals surface area contributed by atoms with E-state index < -0.39 is 0 Å². The van der Waals surface area contributed by atoms with E-state index in [9.17, 15) is 0 Å². The highest BCUT2D eigenvalue weighted by molar-refractivity contribution is 6.29. The minimum absolute atomic E-state index is 0.892. The van der Waals surface area contributed by atoms with Gasteiger partial charge in [-0.25, -0.2) is 0 Å². The molecule has 4 nitrogen and oxygen atoms in total. The normalized spacial score (nSPS) is 12.2. The molecule has 4 heteroatoms. The van der Waals surface area contributed by atoms with E-state index >= 15 is 0 Å². The topological polar surface area (TPSA) is 36.1 Å². The van der Waals surface area contributed by atoms with Crippen LogP contribution in [0.5, 0.6) is 0 Å². The van der Waals surface area contributed by atoms with E-state index in [1.54, 1.807) is 0 Å². The lowest BCUT2D eigenvalue weighted by Crippen LogP contribution is -1.95. The molecule has 8 aromatic carbocycles. The molecule has 0 spiro atoms. The van der Waals surface area contributed by atoms with Gasteiger partial charge in [0.1, 0.15) is 22.3 Å². The number of furan rings is 2. The smallest absolute Gasteiger partial charge is 0.136 e. The molecule has 4 aromatic heterocycles. The predicted octanol–water partition coefficient (Wildman–Crippen LogP) is 13.9. The molecule has 0 saturated heterocycles. The largest absolute Gasteiger partial charge is 0.456 e. The molecular formula is C50H32N2O2. The van der Waals surface area contributed by atoms with Gasteiger partial charge in [0.05, 0.1) is 22.1 Å². The average molecular weight is 693 g/mol. The highest BCUT2D eigenvalue weighted by atomic mass is 16.3. The van der Waals surface area contributed by atoms with Gasteiger partial charge >= 0.3 is 0 Å². The molecule has 0 N–H and O–H groups in total. The molecule has 0 radical (unpaired) electrons. The number of fused-ring (bicyclic) bond motifs is 13. The van der Waals surface area contributed by atoms with Gasteiger partial charge in [0.2, 0.25) is 0 Å². The van der Waals surface area contributed by atoms with Crippen molar-refractivity contribution in [2.24, 2.45) is 0 Å². The summed E-state index contributed by atoms with van der Waals surface area (Å²) in [7, 11) is 0. The van der Waals surface area contributed by atoms with Crippen LogP contribution < -0.4 is 0 Å². The molecule has 0 aliphatic heterocycles. The molecule has 4 heterocycles. The number of hydrogen-bond donors (Lipinski definition) is 0. The van der Waals surface area contributed by atoms with Gasteiger partial charge in [-0.3, -0.25) is 0 Å². The summed E-state index contributed by atoms with van der Waals surface area (Å²) in [5.74, 6) is 0. The van der Waals surface area contributed by atoms with Crippen molar-refractivity contribution in [1.29, 1.82) is 0 Å². The highest BCUT2D eigenvalue weighted by Gasteiger charge is 2.22. The van der Waals surface area contributed by atoms with Crippen molar-refractivity contribution < 1.29 is 8.83 Å². The first kappa shape index (κ1) is 29.5. The monoisotopic (exact) mass is 692 g/mol. The quantitative estimate of drug-likeness (QED) is 0.184. The van der Waals surface area contributed by atoms with Gasteiger partial charge in [-0.05, 0) is 102 Å². The Labute approximate surface area is 309 Å². The molecule has 0 aliphatic rings. The fourth-order valence-electron chi connectivity index (χ4n) is 9.04. The van der Waals surface area contributed by atoms with Gasteiger partial charge in [-0.1, -0.05) is 91.9 Å². The molecule has 12 rings (SSSR count). The van der Waals surface area contributed by atoms with E-state index in [4.69, 9.17) is 8.83 Å². The maximum absolute atomic E-state index is 6.34. The zero-order valence-corrected chi connectivity index (χ0v) is 29.5. The van der Waals surface area contributed by atoms with Gasteiger partial charge in [0.15, 0.2) is 0 Å². The summed E-state index contributed by atoms with van der Waals surface area (Å²) in [4.78, 5) is 0. The summed E-state index contributed by atoms with van der Waals surface area (Å²) in [6.45, 7) is 2.21. The predicted molar refractivity (Wildman–Crippen MR) is 224 cm³/mol. The Hall–Kier alpha value is -7.04. The second kappa shape index (κ2) is 11.0. The number of benzene rings is 8. The van der Waals surface area contributed by atoms with Crippen molar-refractivity contribution in [3.8, 4) is 22.5 Å². The Morgan fingerprint density at radius 3 is 1.80 bits per heavy atom. The zero-order valence-electron chi connectivity index (χ0n) is 29.5. The van der Waals surface area contributed by atoms with Crippen LogP contribution in [0.3, 0.4) is 0 Å². The molecule has 54 heavy (non-hydrogen) atoms. The molecular weight excluding hydrogens is 661 g/mol. The summed E-state index contributed by atoms with van der Waals surface area (Å²) < 4.78 is 17.5. The number of para-hydroxylation sites is 3. The van der Waals surface area contributed by atoms with Gasteiger partial charge in [-0.15, -0.1) is 0 Å².